The quantitative estimate of drug-likeness (QED) is 0.610. The van der Waals surface area contributed by atoms with Gasteiger partial charge in [0.25, 0.3) is 5.69 Å². The first-order valence-corrected chi connectivity index (χ1v) is 7.97. The third-order valence-electron chi connectivity index (χ3n) is 3.59. The molecule has 0 fully saturated rings. The van der Waals surface area contributed by atoms with E-state index in [9.17, 15) is 18.5 Å². The Kier molecular flexibility index (Phi) is 5.43. The van der Waals surface area contributed by atoms with E-state index in [2.05, 4.69) is 4.72 Å². The molecule has 2 atom stereocenters. The van der Waals surface area contributed by atoms with E-state index in [0.29, 0.717) is 11.1 Å². The molecule has 7 nitrogen and oxygen atoms in total. The highest BCUT2D eigenvalue weighted by molar-refractivity contribution is 7.89. The summed E-state index contributed by atoms with van der Waals surface area (Å²) < 4.78 is 27.2. The maximum atomic E-state index is 12.4. The summed E-state index contributed by atoms with van der Waals surface area (Å²) >= 11 is 0. The molecular formula is C13H20N2O5S. The number of aryl methyl sites for hydroxylation is 1. The Morgan fingerprint density at radius 1 is 1.33 bits per heavy atom. The smallest absolute Gasteiger partial charge is 0.271 e. The van der Waals surface area contributed by atoms with Crippen molar-refractivity contribution in [3.63, 3.8) is 0 Å². The van der Waals surface area contributed by atoms with Gasteiger partial charge in [-0.1, -0.05) is 6.92 Å². The van der Waals surface area contributed by atoms with Crippen LogP contribution >= 0.6 is 0 Å². The largest absolute Gasteiger partial charge is 0.396 e. The van der Waals surface area contributed by atoms with Crippen LogP contribution in [0.4, 0.5) is 5.69 Å². The Hall–Kier alpha value is -1.51. The van der Waals surface area contributed by atoms with Crippen LogP contribution < -0.4 is 4.72 Å². The second kappa shape index (κ2) is 6.50. The third kappa shape index (κ3) is 3.99. The molecule has 8 heteroatoms. The Bertz CT molecular complexity index is 642. The van der Waals surface area contributed by atoms with Crippen molar-refractivity contribution in [1.82, 2.24) is 4.72 Å². The average Bonchev–Trinajstić information content (AvgIpc) is 2.39. The zero-order valence-corrected chi connectivity index (χ0v) is 13.3. The van der Waals surface area contributed by atoms with Crippen molar-refractivity contribution in [1.29, 1.82) is 0 Å². The number of hydrogen-bond acceptors (Lipinski definition) is 5. The molecule has 0 spiro atoms. The summed E-state index contributed by atoms with van der Waals surface area (Å²) in [6.45, 7) is 6.42. The van der Waals surface area contributed by atoms with E-state index >= 15 is 0 Å². The van der Waals surface area contributed by atoms with Crippen molar-refractivity contribution in [2.45, 2.75) is 38.6 Å². The molecule has 118 valence electrons. The molecule has 0 saturated heterocycles. The molecule has 0 aliphatic heterocycles. The summed E-state index contributed by atoms with van der Waals surface area (Å²) in [7, 11) is -3.89. The van der Waals surface area contributed by atoms with Gasteiger partial charge in [0, 0.05) is 24.8 Å². The van der Waals surface area contributed by atoms with Gasteiger partial charge in [0.1, 0.15) is 0 Å². The maximum absolute atomic E-state index is 12.4. The van der Waals surface area contributed by atoms with Crippen molar-refractivity contribution in [2.24, 2.45) is 5.92 Å². The van der Waals surface area contributed by atoms with Gasteiger partial charge in [-0.2, -0.15) is 0 Å². The number of aliphatic hydroxyl groups excluding tert-OH is 1. The van der Waals surface area contributed by atoms with E-state index in [1.165, 1.54) is 6.07 Å². The molecular weight excluding hydrogens is 296 g/mol. The molecule has 0 heterocycles. The lowest BCUT2D eigenvalue weighted by molar-refractivity contribution is -0.385. The van der Waals surface area contributed by atoms with Crippen LogP contribution in [0.25, 0.3) is 0 Å². The van der Waals surface area contributed by atoms with Gasteiger partial charge in [0.05, 0.1) is 9.82 Å². The predicted molar refractivity (Wildman–Crippen MR) is 78.6 cm³/mol. The van der Waals surface area contributed by atoms with Gasteiger partial charge in [-0.3, -0.25) is 10.1 Å². The van der Waals surface area contributed by atoms with Gasteiger partial charge in [0.2, 0.25) is 10.0 Å². The van der Waals surface area contributed by atoms with Crippen molar-refractivity contribution in [3.8, 4) is 0 Å². The molecule has 1 aromatic carbocycles. The fourth-order valence-corrected chi connectivity index (χ4v) is 3.46. The fourth-order valence-electron chi connectivity index (χ4n) is 1.78. The van der Waals surface area contributed by atoms with Gasteiger partial charge in [0.15, 0.2) is 0 Å². The maximum Gasteiger partial charge on any atom is 0.271 e. The number of non-ortho nitro benzene ring substituents is 1. The van der Waals surface area contributed by atoms with Crippen LogP contribution in [-0.4, -0.2) is 31.1 Å². The lowest BCUT2D eigenvalue weighted by Gasteiger charge is -2.20. The predicted octanol–water partition coefficient (Wildman–Crippen LogP) is 1.51. The number of nitro benzene ring substituents is 1. The number of nitrogens with one attached hydrogen (secondary N) is 1. The molecule has 1 aromatic rings. The van der Waals surface area contributed by atoms with Crippen LogP contribution in [0.3, 0.4) is 0 Å². The summed E-state index contributed by atoms with van der Waals surface area (Å²) in [4.78, 5) is 10.2. The Morgan fingerprint density at radius 3 is 2.38 bits per heavy atom. The van der Waals surface area contributed by atoms with Gasteiger partial charge in [-0.25, -0.2) is 13.1 Å². The average molecular weight is 316 g/mol. The van der Waals surface area contributed by atoms with Gasteiger partial charge < -0.3 is 5.11 Å². The summed E-state index contributed by atoms with van der Waals surface area (Å²) in [6.07, 6.45) is 0. The lowest BCUT2D eigenvalue weighted by atomic mass is 10.1. The van der Waals surface area contributed by atoms with Crippen LogP contribution in [0, 0.1) is 29.9 Å². The SMILES string of the molecule is Cc1cc([N+](=O)[O-])cc(S(=O)(=O)NC(C)C(C)CO)c1C. The van der Waals surface area contributed by atoms with Gasteiger partial charge in [-0.15, -0.1) is 0 Å². The van der Waals surface area contributed by atoms with Crippen molar-refractivity contribution in [2.75, 3.05) is 6.61 Å². The number of rotatable bonds is 6. The minimum Gasteiger partial charge on any atom is -0.396 e. The molecule has 2 unspecified atom stereocenters. The van der Waals surface area contributed by atoms with Crippen molar-refractivity contribution in [3.05, 3.63) is 33.4 Å². The Balaban J connectivity index is 3.28. The first kappa shape index (κ1) is 17.5. The molecule has 0 aliphatic carbocycles. The van der Waals surface area contributed by atoms with Gasteiger partial charge in [-0.05, 0) is 37.8 Å². The number of benzene rings is 1. The van der Waals surface area contributed by atoms with E-state index in [4.69, 9.17) is 5.11 Å². The highest BCUT2D eigenvalue weighted by Crippen LogP contribution is 2.25. The molecule has 0 radical (unpaired) electrons. The molecule has 0 saturated carbocycles. The minimum absolute atomic E-state index is 0.105. The molecule has 0 aromatic heterocycles. The van der Waals surface area contributed by atoms with Crippen LogP contribution in [0.2, 0.25) is 0 Å². The summed E-state index contributed by atoms with van der Waals surface area (Å²) in [5.41, 5.74) is 0.741. The van der Waals surface area contributed by atoms with Crippen LogP contribution in [0.15, 0.2) is 17.0 Å². The highest BCUT2D eigenvalue weighted by atomic mass is 32.2. The first-order chi connectivity index (χ1) is 9.60. The second-order valence-electron chi connectivity index (χ2n) is 5.21. The summed E-state index contributed by atoms with van der Waals surface area (Å²) in [5.74, 6) is -0.264. The minimum atomic E-state index is -3.89. The van der Waals surface area contributed by atoms with Crippen LogP contribution in [-0.2, 0) is 10.0 Å². The van der Waals surface area contributed by atoms with E-state index in [1.807, 2.05) is 0 Å². The number of aliphatic hydroxyl groups is 1. The zero-order chi connectivity index (χ0) is 16.4. The fraction of sp³-hybridized carbons (Fsp3) is 0.538. The lowest BCUT2D eigenvalue weighted by Crippen LogP contribution is -2.38. The van der Waals surface area contributed by atoms with E-state index in [0.717, 1.165) is 6.07 Å². The molecule has 0 bridgehead atoms. The Morgan fingerprint density at radius 2 is 1.90 bits per heavy atom. The molecule has 21 heavy (non-hydrogen) atoms. The highest BCUT2D eigenvalue weighted by Gasteiger charge is 2.25. The van der Waals surface area contributed by atoms with E-state index < -0.39 is 21.0 Å². The molecule has 2 N–H and O–H groups in total. The van der Waals surface area contributed by atoms with Crippen LogP contribution in [0.5, 0.6) is 0 Å². The summed E-state index contributed by atoms with van der Waals surface area (Å²) in [6, 6.07) is 1.91. The van der Waals surface area contributed by atoms with Crippen molar-refractivity contribution >= 4 is 15.7 Å². The zero-order valence-electron chi connectivity index (χ0n) is 12.5. The first-order valence-electron chi connectivity index (χ1n) is 6.49. The third-order valence-corrected chi connectivity index (χ3v) is 5.27. The normalized spacial score (nSPS) is 14.7. The second-order valence-corrected chi connectivity index (χ2v) is 6.90. The number of sulfonamides is 1. The topological polar surface area (TPSA) is 110 Å². The number of nitrogens with zero attached hydrogens (tertiary/aromatic N) is 1. The Labute approximate surface area is 124 Å². The van der Waals surface area contributed by atoms with Crippen molar-refractivity contribution < 1.29 is 18.4 Å². The molecule has 1 rings (SSSR count). The van der Waals surface area contributed by atoms with E-state index in [-0.39, 0.29) is 23.1 Å². The standard InChI is InChI=1S/C13H20N2O5S/c1-8-5-12(15(17)18)6-13(10(8)3)21(19,20)14-11(4)9(2)7-16/h5-6,9,11,14,16H,7H2,1-4H3. The monoisotopic (exact) mass is 316 g/mol. The summed E-state index contributed by atoms with van der Waals surface area (Å²) in [5, 5.41) is 19.9. The number of nitro groups is 1. The van der Waals surface area contributed by atoms with Crippen LogP contribution in [0.1, 0.15) is 25.0 Å². The number of hydrogen-bond donors (Lipinski definition) is 2. The molecule has 0 amide bonds. The molecule has 0 aliphatic rings. The van der Waals surface area contributed by atoms with E-state index in [1.54, 1.807) is 27.7 Å². The van der Waals surface area contributed by atoms with Gasteiger partial charge >= 0.3 is 0 Å².